The first-order chi connectivity index (χ1) is 33.8. The Balaban J connectivity index is 1.19. The summed E-state index contributed by atoms with van der Waals surface area (Å²) in [6.45, 7) is 15.2. The molecule has 6 aromatic rings. The maximum Gasteiger partial charge on any atom is 0.289 e. The molecule has 3 atom stereocenters. The van der Waals surface area contributed by atoms with Gasteiger partial charge in [0.15, 0.2) is 0 Å². The van der Waals surface area contributed by atoms with Crippen LogP contribution in [0, 0.1) is 0 Å². The summed E-state index contributed by atoms with van der Waals surface area (Å²) in [5.74, 6) is -7.20. The van der Waals surface area contributed by atoms with Crippen molar-refractivity contribution in [1.82, 2.24) is 67.1 Å². The van der Waals surface area contributed by atoms with Crippen molar-refractivity contribution in [3.8, 4) is 22.0 Å². The lowest BCUT2D eigenvalue weighted by molar-refractivity contribution is -0.124. The lowest BCUT2D eigenvalue weighted by Gasteiger charge is -2.20. The fourth-order valence-corrected chi connectivity index (χ4v) is 8.41. The Kier molecular flexibility index (Phi) is 14.9. The molecule has 7 heterocycles. The Morgan fingerprint density at radius 2 is 1.61 bits per heavy atom. The number of primary amides is 1. The number of nitrogens with zero attached hydrogens (tertiary/aromatic N) is 6. The van der Waals surface area contributed by atoms with E-state index >= 15 is 0 Å². The molecule has 0 aliphatic carbocycles. The average molecular weight is 1020 g/mol. The molecule has 8 amide bonds. The van der Waals surface area contributed by atoms with Gasteiger partial charge in [0.2, 0.25) is 23.4 Å². The number of nitrogens with two attached hydrogens (primary N) is 1. The molecule has 0 radical (unpaired) electrons. The van der Waals surface area contributed by atoms with Gasteiger partial charge < -0.3 is 56.9 Å². The molecule has 6 aromatic heterocycles. The summed E-state index contributed by atoms with van der Waals surface area (Å²) in [6, 6.07) is 0.448. The Labute approximate surface area is 411 Å². The zero-order chi connectivity index (χ0) is 51.3. The number of aliphatic hydroxyl groups is 1. The van der Waals surface area contributed by atoms with Crippen molar-refractivity contribution in [2.24, 2.45) is 5.73 Å². The van der Waals surface area contributed by atoms with Gasteiger partial charge >= 0.3 is 0 Å². The van der Waals surface area contributed by atoms with Gasteiger partial charge in [0, 0.05) is 10.9 Å². The number of hydrogen-bond acceptors (Lipinski definition) is 20. The Hall–Kier alpha value is -8.86. The fraction of sp³-hybridized carbons (Fsp3) is 0.163. The number of rotatable bonds is 4. The monoisotopic (exact) mass is 1020 g/mol. The molecular weight excluding hydrogens is 985 g/mol. The van der Waals surface area contributed by atoms with Crippen LogP contribution in [0.2, 0.25) is 0 Å². The van der Waals surface area contributed by atoms with Crippen LogP contribution in [0.5, 0.6) is 0 Å². The zero-order valence-electron chi connectivity index (χ0n) is 37.2. The third kappa shape index (κ3) is 11.5. The minimum atomic E-state index is -1.57. The van der Waals surface area contributed by atoms with E-state index in [4.69, 9.17) is 14.6 Å². The van der Waals surface area contributed by atoms with E-state index in [9.17, 15) is 43.5 Å². The summed E-state index contributed by atoms with van der Waals surface area (Å²) < 4.78 is 11.3. The normalized spacial score (nSPS) is 17.5. The van der Waals surface area contributed by atoms with E-state index in [1.165, 1.54) is 42.9 Å². The SMILES string of the molecule is C=C(NC(=O)c1ccc2c(n1)-c1coc(n1)C(=C)NC(=O)C(=C)NC(=O)c1cnc(s1)C(C)NC(=O)c1cnc(s1)CNC(=O)c1cnc(o1)/C(=C\C)NC(=O)C(C(C)O)NC(=O)c1csc-2n1)C(N)=O. The second kappa shape index (κ2) is 21.2. The molecule has 71 heavy (non-hydrogen) atoms. The Morgan fingerprint density at radius 1 is 0.873 bits per heavy atom. The van der Waals surface area contributed by atoms with Gasteiger partial charge in [-0.1, -0.05) is 25.8 Å². The summed E-state index contributed by atoms with van der Waals surface area (Å²) in [5, 5.41) is 30.3. The highest BCUT2D eigenvalue weighted by atomic mass is 32.1. The molecule has 1 aliphatic heterocycles. The molecule has 0 fully saturated rings. The number of allylic oxidation sites excluding steroid dienone is 1. The molecule has 0 aromatic carbocycles. The number of aliphatic hydroxyl groups excluding tert-OH is 1. The largest absolute Gasteiger partial charge is 0.443 e. The molecule has 28 heteroatoms. The summed E-state index contributed by atoms with van der Waals surface area (Å²) in [5.41, 5.74) is 3.85. The van der Waals surface area contributed by atoms with Gasteiger partial charge in [-0.2, -0.15) is 0 Å². The Bertz CT molecular complexity index is 3230. The number of thiazole rings is 3. The number of carbonyl (C=O) groups is 8. The van der Waals surface area contributed by atoms with Gasteiger partial charge in [-0.15, -0.1) is 34.0 Å². The number of aromatic nitrogens is 6. The van der Waals surface area contributed by atoms with Gasteiger partial charge in [-0.05, 0) is 32.9 Å². The van der Waals surface area contributed by atoms with Gasteiger partial charge in [-0.25, -0.2) is 29.9 Å². The van der Waals surface area contributed by atoms with Crippen LogP contribution in [0.3, 0.4) is 0 Å². The van der Waals surface area contributed by atoms with Crippen molar-refractivity contribution in [1.29, 1.82) is 0 Å². The van der Waals surface area contributed by atoms with Crippen molar-refractivity contribution >= 4 is 92.7 Å². The second-order valence-corrected chi connectivity index (χ2v) is 17.8. The van der Waals surface area contributed by atoms with Crippen LogP contribution in [0.25, 0.3) is 33.4 Å². The number of pyridine rings is 1. The highest BCUT2D eigenvalue weighted by Crippen LogP contribution is 2.33. The van der Waals surface area contributed by atoms with Crippen molar-refractivity contribution in [3.63, 3.8) is 0 Å². The van der Waals surface area contributed by atoms with Crippen LogP contribution in [-0.2, 0) is 20.9 Å². The maximum absolute atomic E-state index is 13.6. The molecule has 10 N–H and O–H groups in total. The number of oxazole rings is 2. The van der Waals surface area contributed by atoms with Crippen LogP contribution < -0.4 is 43.0 Å². The lowest BCUT2D eigenvalue weighted by Crippen LogP contribution is -2.52. The molecule has 7 rings (SSSR count). The second-order valence-electron chi connectivity index (χ2n) is 14.8. The summed E-state index contributed by atoms with van der Waals surface area (Å²) in [6.07, 6.45) is 4.78. The van der Waals surface area contributed by atoms with E-state index in [0.717, 1.165) is 46.5 Å². The molecule has 3 unspecified atom stereocenters. The van der Waals surface area contributed by atoms with Crippen LogP contribution >= 0.6 is 34.0 Å². The van der Waals surface area contributed by atoms with Crippen LogP contribution in [0.15, 0.2) is 88.4 Å². The van der Waals surface area contributed by atoms with E-state index in [1.54, 1.807) is 13.8 Å². The van der Waals surface area contributed by atoms with Crippen LogP contribution in [-0.4, -0.2) is 94.4 Å². The third-order valence-electron chi connectivity index (χ3n) is 9.67. The minimum absolute atomic E-state index is 0.0109. The fourth-order valence-electron chi connectivity index (χ4n) is 6.01. The third-order valence-corrected chi connectivity index (χ3v) is 12.7. The summed E-state index contributed by atoms with van der Waals surface area (Å²) >= 11 is 2.90. The first kappa shape index (κ1) is 50.0. The number of carbonyl (C=O) groups excluding carboxylic acids is 8. The molecular formula is C43H38N14O11S3. The molecule has 10 bridgehead atoms. The zero-order valence-corrected chi connectivity index (χ0v) is 39.6. The van der Waals surface area contributed by atoms with Gasteiger partial charge in [0.05, 0.1) is 60.1 Å². The summed E-state index contributed by atoms with van der Waals surface area (Å²) in [7, 11) is 0. The van der Waals surface area contributed by atoms with E-state index in [0.29, 0.717) is 10.0 Å². The number of amides is 8. The highest BCUT2D eigenvalue weighted by Gasteiger charge is 2.30. The van der Waals surface area contributed by atoms with E-state index < -0.39 is 76.8 Å². The van der Waals surface area contributed by atoms with Gasteiger partial charge in [0.25, 0.3) is 41.4 Å². The van der Waals surface area contributed by atoms with Crippen molar-refractivity contribution in [2.75, 3.05) is 0 Å². The van der Waals surface area contributed by atoms with Crippen molar-refractivity contribution in [3.05, 3.63) is 128 Å². The summed E-state index contributed by atoms with van der Waals surface area (Å²) in [4.78, 5) is 131. The average Bonchev–Trinajstić information content (AvgIpc) is 4.21. The minimum Gasteiger partial charge on any atom is -0.443 e. The molecule has 0 saturated heterocycles. The van der Waals surface area contributed by atoms with Gasteiger partial charge in [-0.3, -0.25) is 38.4 Å². The maximum atomic E-state index is 13.6. The lowest BCUT2D eigenvalue weighted by atomic mass is 10.1. The first-order valence-electron chi connectivity index (χ1n) is 20.5. The van der Waals surface area contributed by atoms with Gasteiger partial charge in [0.1, 0.15) is 59.9 Å². The topological polar surface area (TPSA) is 371 Å². The number of nitrogens with one attached hydrogen (secondary N) is 7. The predicted octanol–water partition coefficient (Wildman–Crippen LogP) is 1.91. The molecule has 25 nitrogen and oxygen atoms in total. The smallest absolute Gasteiger partial charge is 0.289 e. The van der Waals surface area contributed by atoms with E-state index in [-0.39, 0.29) is 78.6 Å². The molecule has 0 saturated carbocycles. The van der Waals surface area contributed by atoms with E-state index in [2.05, 4.69) is 86.9 Å². The van der Waals surface area contributed by atoms with E-state index in [1.807, 2.05) is 0 Å². The quantitative estimate of drug-likeness (QED) is 0.114. The predicted molar refractivity (Wildman–Crippen MR) is 253 cm³/mol. The molecule has 0 spiro atoms. The van der Waals surface area contributed by atoms with Crippen molar-refractivity contribution < 1.29 is 52.3 Å². The molecule has 364 valence electrons. The first-order valence-corrected chi connectivity index (χ1v) is 23.0. The van der Waals surface area contributed by atoms with Crippen LogP contribution in [0.4, 0.5) is 0 Å². The standard InChI is InChI=1S/C43H38N14O11S3/c1-7-22-41-47-10-26(68-41)36(63)46-13-29-45-11-27(70-29)37(64)52-19(5)42-48-12-28(71-42)38(65)50-17(3)33(60)51-18(4)40-55-24(14-67-40)31-21(8-9-23(53-31)34(61)49-16(2)32(44)59)43-56-25(15-69-43)35(62)57-30(20(6)58)39(66)54-22/h7-12,14-15,19-20,30,58H,2-4,13H2,1,5-6H3,(H2,44,59)(H,46,63)(H,49,61)(H,50,65)(H,51,60)(H,52,64)(H,54,66)(H,57,62)/b22-7+. The number of fused-ring (bicyclic) bond motifs is 13. The van der Waals surface area contributed by atoms with Crippen molar-refractivity contribution in [2.45, 2.75) is 45.5 Å². The number of hydrogen-bond donors (Lipinski definition) is 9. The highest BCUT2D eigenvalue weighted by molar-refractivity contribution is 7.14. The van der Waals surface area contributed by atoms with Crippen LogP contribution in [0.1, 0.15) is 99.5 Å². The molecule has 1 aliphatic rings. The Morgan fingerprint density at radius 3 is 2.34 bits per heavy atom.